The molecule has 0 aliphatic rings. The number of amides is 1. The standard InChI is InChI=1S/C8H8ClNO3S/c1-6(11)10-7-2-4-8(5-3-7)14(9,12)13/h2-5H,1H3,(H,10,11)/i2+1,3+1,4+1,5+1,7+1,8+1. The van der Waals surface area contributed by atoms with E-state index in [1.54, 1.807) is 0 Å². The van der Waals surface area contributed by atoms with Gasteiger partial charge in [-0.2, -0.15) is 0 Å². The highest BCUT2D eigenvalue weighted by molar-refractivity contribution is 8.13. The quantitative estimate of drug-likeness (QED) is 0.797. The minimum atomic E-state index is -3.69. The van der Waals surface area contributed by atoms with Crippen molar-refractivity contribution in [3.8, 4) is 0 Å². The van der Waals surface area contributed by atoms with Crippen molar-refractivity contribution in [3.05, 3.63) is 24.3 Å². The molecule has 0 atom stereocenters. The number of nitrogens with one attached hydrogen (secondary N) is 1. The summed E-state index contributed by atoms with van der Waals surface area (Å²) in [6.45, 7) is 1.37. The van der Waals surface area contributed by atoms with Gasteiger partial charge in [0, 0.05) is 23.3 Å². The van der Waals surface area contributed by atoms with Gasteiger partial charge in [-0.25, -0.2) is 8.42 Å². The van der Waals surface area contributed by atoms with Gasteiger partial charge >= 0.3 is 0 Å². The lowest BCUT2D eigenvalue weighted by Crippen LogP contribution is -2.05. The summed E-state index contributed by atoms with van der Waals surface area (Å²) in [5.74, 6) is -0.216. The second kappa shape index (κ2) is 3.98. The fourth-order valence-electron chi connectivity index (χ4n) is 0.904. The third kappa shape index (κ3) is 3.01. The maximum absolute atomic E-state index is 10.8. The lowest BCUT2D eigenvalue weighted by molar-refractivity contribution is -0.114. The minimum absolute atomic E-state index is 0.00766. The normalized spacial score (nSPS) is 11.0. The Morgan fingerprint density at radius 3 is 2.14 bits per heavy atom. The summed E-state index contributed by atoms with van der Waals surface area (Å²) in [5.41, 5.74) is 0.529. The van der Waals surface area contributed by atoms with Gasteiger partial charge in [0.25, 0.3) is 9.05 Å². The number of hydrogen-bond donors (Lipinski definition) is 1. The molecule has 0 bridgehead atoms. The van der Waals surface area contributed by atoms with Gasteiger partial charge in [-0.05, 0) is 24.3 Å². The molecule has 0 aromatic heterocycles. The Morgan fingerprint density at radius 1 is 1.29 bits per heavy atom. The Kier molecular flexibility index (Phi) is 3.13. The third-order valence-electron chi connectivity index (χ3n) is 1.46. The Bertz CT molecular complexity index is 438. The first-order chi connectivity index (χ1) is 6.39. The van der Waals surface area contributed by atoms with Gasteiger partial charge < -0.3 is 5.32 Å². The van der Waals surface area contributed by atoms with Crippen molar-refractivity contribution in [3.63, 3.8) is 0 Å². The Balaban J connectivity index is 2.95. The summed E-state index contributed by atoms with van der Waals surface area (Å²) in [7, 11) is 1.41. The highest BCUT2D eigenvalue weighted by Gasteiger charge is 2.08. The maximum Gasteiger partial charge on any atom is 0.261 e. The summed E-state index contributed by atoms with van der Waals surface area (Å²) >= 11 is 0. The number of rotatable bonds is 2. The van der Waals surface area contributed by atoms with Crippen molar-refractivity contribution in [2.45, 2.75) is 11.8 Å². The molecule has 1 amide bonds. The van der Waals surface area contributed by atoms with Gasteiger partial charge in [0.05, 0.1) is 4.90 Å². The number of benzene rings is 1. The first-order valence-electron chi connectivity index (χ1n) is 3.72. The zero-order valence-corrected chi connectivity index (χ0v) is 8.89. The highest BCUT2D eigenvalue weighted by atomic mass is 35.7. The molecule has 0 fully saturated rings. The molecule has 1 aromatic rings. The van der Waals surface area contributed by atoms with E-state index in [0.717, 1.165) is 0 Å². The van der Waals surface area contributed by atoms with Crippen LogP contribution in [-0.2, 0) is 13.8 Å². The van der Waals surface area contributed by atoms with Crippen LogP contribution in [-0.4, -0.2) is 14.3 Å². The number of halogens is 1. The van der Waals surface area contributed by atoms with E-state index >= 15 is 0 Å². The van der Waals surface area contributed by atoms with Crippen molar-refractivity contribution < 1.29 is 13.2 Å². The predicted molar refractivity (Wildman–Crippen MR) is 53.8 cm³/mol. The van der Waals surface area contributed by atoms with Gasteiger partial charge in [-0.15, -0.1) is 0 Å². The summed E-state index contributed by atoms with van der Waals surface area (Å²) in [6.07, 6.45) is 0. The first kappa shape index (κ1) is 11.0. The molecule has 76 valence electrons. The van der Waals surface area contributed by atoms with Crippen LogP contribution in [0.5, 0.6) is 0 Å². The van der Waals surface area contributed by atoms with E-state index in [1.165, 1.54) is 31.2 Å². The minimum Gasteiger partial charge on any atom is -0.326 e. The second-order valence-corrected chi connectivity index (χ2v) is 5.21. The molecule has 0 aliphatic heterocycles. The summed E-state index contributed by atoms with van der Waals surface area (Å²) < 4.78 is 21.7. The van der Waals surface area contributed by atoms with Crippen LogP contribution in [0, 0.1) is 0 Å². The SMILES string of the molecule is CC(=O)N[13c]1[13cH][13cH][13c](S(=O)(=O)Cl)[13cH][13cH]1. The molecule has 0 saturated carbocycles. The Labute approximate surface area is 86.3 Å². The number of carbonyl (C=O) groups excluding carboxylic acids is 1. The van der Waals surface area contributed by atoms with Crippen molar-refractivity contribution >= 4 is 31.3 Å². The van der Waals surface area contributed by atoms with Crippen molar-refractivity contribution in [1.29, 1.82) is 0 Å². The molecule has 1 aromatic carbocycles. The lowest BCUT2D eigenvalue weighted by atomic mass is 10.7. The summed E-state index contributed by atoms with van der Waals surface area (Å²) in [5, 5.41) is 2.51. The summed E-state index contributed by atoms with van der Waals surface area (Å²) in [6, 6.07) is 5.59. The van der Waals surface area contributed by atoms with E-state index in [9.17, 15) is 13.2 Å². The van der Waals surface area contributed by atoms with Gasteiger partial charge in [-0.1, -0.05) is 0 Å². The largest absolute Gasteiger partial charge is 0.326 e. The molecule has 0 aliphatic carbocycles. The smallest absolute Gasteiger partial charge is 0.261 e. The number of carbonyl (C=O) groups is 1. The Hall–Kier alpha value is -1.07. The lowest BCUT2D eigenvalue weighted by Gasteiger charge is -2.01. The molecule has 0 saturated heterocycles. The Morgan fingerprint density at radius 2 is 1.79 bits per heavy atom. The van der Waals surface area contributed by atoms with Crippen LogP contribution in [0.3, 0.4) is 0 Å². The van der Waals surface area contributed by atoms with E-state index < -0.39 is 9.05 Å². The fourth-order valence-corrected chi connectivity index (χ4v) is 1.67. The maximum atomic E-state index is 10.8. The fraction of sp³-hybridized carbons (Fsp3) is 0.125. The molecule has 0 unspecified atom stereocenters. The molecule has 14 heavy (non-hydrogen) atoms. The van der Waals surface area contributed by atoms with Crippen molar-refractivity contribution in [2.75, 3.05) is 5.32 Å². The first-order valence-corrected chi connectivity index (χ1v) is 6.03. The van der Waals surface area contributed by atoms with Crippen LogP contribution >= 0.6 is 10.7 Å². The van der Waals surface area contributed by atoms with Crippen LogP contribution in [0.1, 0.15) is 6.92 Å². The van der Waals surface area contributed by atoms with E-state index in [2.05, 4.69) is 5.32 Å². The molecule has 0 spiro atoms. The third-order valence-corrected chi connectivity index (χ3v) is 2.83. The van der Waals surface area contributed by atoms with Crippen LogP contribution in [0.25, 0.3) is 0 Å². The molecule has 0 heterocycles. The molecule has 1 rings (SSSR count). The molecule has 1 N–H and O–H groups in total. The van der Waals surface area contributed by atoms with Crippen LogP contribution in [0.4, 0.5) is 5.69 Å². The predicted octanol–water partition coefficient (Wildman–Crippen LogP) is 1.57. The zero-order chi connectivity index (χ0) is 10.8. The topological polar surface area (TPSA) is 63.2 Å². The monoisotopic (exact) mass is 239 g/mol. The van der Waals surface area contributed by atoms with Crippen molar-refractivity contribution in [1.82, 2.24) is 0 Å². The molecule has 4 nitrogen and oxygen atoms in total. The zero-order valence-electron chi connectivity index (χ0n) is 7.32. The van der Waals surface area contributed by atoms with Crippen molar-refractivity contribution in [2.24, 2.45) is 0 Å². The van der Waals surface area contributed by atoms with Crippen LogP contribution in [0.2, 0.25) is 0 Å². The van der Waals surface area contributed by atoms with E-state index in [0.29, 0.717) is 5.69 Å². The van der Waals surface area contributed by atoms with E-state index in [-0.39, 0.29) is 10.8 Å². The average molecular weight is 240 g/mol. The van der Waals surface area contributed by atoms with Gasteiger partial charge in [-0.3, -0.25) is 4.79 Å². The molecule has 0 radical (unpaired) electrons. The number of anilines is 1. The molecular weight excluding hydrogens is 232 g/mol. The average Bonchev–Trinajstić information content (AvgIpc) is 2.02. The van der Waals surface area contributed by atoms with E-state index in [4.69, 9.17) is 10.7 Å². The molecule has 6 heteroatoms. The van der Waals surface area contributed by atoms with Crippen LogP contribution < -0.4 is 5.32 Å². The van der Waals surface area contributed by atoms with Gasteiger partial charge in [0.15, 0.2) is 0 Å². The second-order valence-electron chi connectivity index (χ2n) is 2.64. The summed E-state index contributed by atoms with van der Waals surface area (Å²) in [4.78, 5) is 10.6. The number of hydrogen-bond acceptors (Lipinski definition) is 3. The van der Waals surface area contributed by atoms with Gasteiger partial charge in [0.1, 0.15) is 0 Å². The highest BCUT2D eigenvalue weighted by Crippen LogP contribution is 2.17. The van der Waals surface area contributed by atoms with Gasteiger partial charge in [0.2, 0.25) is 5.91 Å². The molecular formula is C8H8ClNO3S. The van der Waals surface area contributed by atoms with Crippen LogP contribution in [0.15, 0.2) is 29.2 Å². The van der Waals surface area contributed by atoms with E-state index in [1.807, 2.05) is 0 Å².